The van der Waals surface area contributed by atoms with Gasteiger partial charge in [-0.1, -0.05) is 18.2 Å². The minimum Gasteiger partial charge on any atom is -0.480 e. The number of carboxylic acids is 1. The number of aliphatic carboxylic acids is 1. The van der Waals surface area contributed by atoms with Crippen LogP contribution in [0.4, 0.5) is 0 Å². The van der Waals surface area contributed by atoms with Crippen LogP contribution in [0.1, 0.15) is 28.8 Å². The molecule has 1 N–H and O–H groups in total. The second kappa shape index (κ2) is 5.63. The van der Waals surface area contributed by atoms with Gasteiger partial charge in [0.25, 0.3) is 5.91 Å². The Hall–Kier alpha value is -2.63. The van der Waals surface area contributed by atoms with Gasteiger partial charge in [0.15, 0.2) is 0 Å². The molecule has 22 heavy (non-hydrogen) atoms. The van der Waals surface area contributed by atoms with Crippen LogP contribution in [-0.4, -0.2) is 44.3 Å². The van der Waals surface area contributed by atoms with Crippen molar-refractivity contribution in [1.29, 1.82) is 0 Å². The molecule has 1 amide bonds. The van der Waals surface area contributed by atoms with E-state index in [9.17, 15) is 9.59 Å². The van der Waals surface area contributed by atoms with Crippen molar-refractivity contribution in [3.63, 3.8) is 0 Å². The monoisotopic (exact) mass is 299 g/mol. The summed E-state index contributed by atoms with van der Waals surface area (Å²) in [4.78, 5) is 24.9. The maximum Gasteiger partial charge on any atom is 0.323 e. The molecular weight excluding hydrogens is 282 g/mol. The molecule has 0 bridgehead atoms. The van der Waals surface area contributed by atoms with Crippen molar-refractivity contribution >= 4 is 11.9 Å². The number of carbonyl (C=O) groups is 2. The highest BCUT2D eigenvalue weighted by Crippen LogP contribution is 2.28. The van der Waals surface area contributed by atoms with Crippen LogP contribution in [0.2, 0.25) is 0 Å². The Balaban J connectivity index is 1.85. The number of aromatic nitrogens is 2. The van der Waals surface area contributed by atoms with E-state index in [1.807, 2.05) is 31.2 Å². The number of para-hydroxylation sites is 1. The van der Waals surface area contributed by atoms with Crippen molar-refractivity contribution in [2.24, 2.45) is 0 Å². The molecule has 1 aromatic heterocycles. The van der Waals surface area contributed by atoms with E-state index < -0.39 is 5.97 Å². The van der Waals surface area contributed by atoms with E-state index in [-0.39, 0.29) is 18.5 Å². The number of carbonyl (C=O) groups excluding carboxylic acids is 1. The largest absolute Gasteiger partial charge is 0.480 e. The van der Waals surface area contributed by atoms with Crippen molar-refractivity contribution in [3.05, 3.63) is 47.8 Å². The van der Waals surface area contributed by atoms with Crippen LogP contribution >= 0.6 is 0 Å². The lowest BCUT2D eigenvalue weighted by molar-refractivity contribution is -0.137. The minimum atomic E-state index is -0.994. The highest BCUT2D eigenvalue weighted by Gasteiger charge is 2.34. The molecule has 1 aliphatic carbocycles. The highest BCUT2D eigenvalue weighted by atomic mass is 16.4. The number of amides is 1. The van der Waals surface area contributed by atoms with Gasteiger partial charge in [0.05, 0.1) is 17.4 Å². The first kappa shape index (κ1) is 14.3. The quantitative estimate of drug-likeness (QED) is 0.914. The van der Waals surface area contributed by atoms with Gasteiger partial charge in [-0.3, -0.25) is 9.59 Å². The number of benzene rings is 1. The van der Waals surface area contributed by atoms with E-state index in [1.54, 1.807) is 10.9 Å². The van der Waals surface area contributed by atoms with Gasteiger partial charge in [0.2, 0.25) is 0 Å². The zero-order chi connectivity index (χ0) is 15.7. The molecule has 6 heteroatoms. The zero-order valence-electron chi connectivity index (χ0n) is 12.3. The van der Waals surface area contributed by atoms with Gasteiger partial charge in [-0.25, -0.2) is 4.68 Å². The van der Waals surface area contributed by atoms with Crippen molar-refractivity contribution in [3.8, 4) is 5.69 Å². The van der Waals surface area contributed by atoms with E-state index in [2.05, 4.69) is 5.10 Å². The highest BCUT2D eigenvalue weighted by molar-refractivity contribution is 5.96. The molecule has 1 aliphatic rings. The Bertz CT molecular complexity index is 719. The normalized spacial score (nSPS) is 13.9. The fourth-order valence-corrected chi connectivity index (χ4v) is 2.45. The number of hydrogen-bond donors (Lipinski definition) is 1. The van der Waals surface area contributed by atoms with Crippen LogP contribution in [0, 0.1) is 6.92 Å². The lowest BCUT2D eigenvalue weighted by Gasteiger charge is -2.19. The zero-order valence-corrected chi connectivity index (χ0v) is 12.3. The number of nitrogens with zero attached hydrogens (tertiary/aromatic N) is 3. The molecule has 1 fully saturated rings. The summed E-state index contributed by atoms with van der Waals surface area (Å²) in [6.07, 6.45) is 4.88. The summed E-state index contributed by atoms with van der Waals surface area (Å²) < 4.78 is 1.65. The van der Waals surface area contributed by atoms with Crippen LogP contribution in [0.5, 0.6) is 0 Å². The molecule has 0 atom stereocenters. The first-order chi connectivity index (χ1) is 10.6. The van der Waals surface area contributed by atoms with Crippen LogP contribution in [0.3, 0.4) is 0 Å². The predicted octanol–water partition coefficient (Wildman–Crippen LogP) is 1.87. The first-order valence-corrected chi connectivity index (χ1v) is 7.19. The van der Waals surface area contributed by atoms with Gasteiger partial charge in [-0.05, 0) is 31.4 Å². The molecule has 0 radical (unpaired) electrons. The van der Waals surface area contributed by atoms with Gasteiger partial charge < -0.3 is 10.0 Å². The number of aryl methyl sites for hydroxylation is 1. The smallest absolute Gasteiger partial charge is 0.323 e. The summed E-state index contributed by atoms with van der Waals surface area (Å²) in [6, 6.07) is 7.79. The predicted molar refractivity (Wildman–Crippen MR) is 80.0 cm³/mol. The summed E-state index contributed by atoms with van der Waals surface area (Å²) in [5, 5.41) is 13.2. The average molecular weight is 299 g/mol. The Morgan fingerprint density at radius 1 is 1.36 bits per heavy atom. The lowest BCUT2D eigenvalue weighted by atomic mass is 10.2. The van der Waals surface area contributed by atoms with E-state index in [0.717, 1.165) is 24.1 Å². The Labute approximate surface area is 128 Å². The summed E-state index contributed by atoms with van der Waals surface area (Å²) >= 11 is 0. The van der Waals surface area contributed by atoms with Crippen LogP contribution < -0.4 is 0 Å². The molecule has 3 rings (SSSR count). The maximum atomic E-state index is 12.5. The maximum absolute atomic E-state index is 12.5. The number of carboxylic acid groups (broad SMARTS) is 1. The van der Waals surface area contributed by atoms with Crippen LogP contribution in [0.25, 0.3) is 5.69 Å². The SMILES string of the molecule is Cc1ccccc1-n1cc(C(=O)N(CC(=O)O)C2CC2)cn1. The average Bonchev–Trinajstić information content (AvgIpc) is 3.21. The molecular formula is C16H17N3O3. The van der Waals surface area contributed by atoms with Gasteiger partial charge >= 0.3 is 5.97 Å². The van der Waals surface area contributed by atoms with Crippen molar-refractivity contribution in [1.82, 2.24) is 14.7 Å². The van der Waals surface area contributed by atoms with Crippen molar-refractivity contribution in [2.75, 3.05) is 6.54 Å². The fraction of sp³-hybridized carbons (Fsp3) is 0.312. The van der Waals surface area contributed by atoms with Gasteiger partial charge in [0, 0.05) is 12.2 Å². The van der Waals surface area contributed by atoms with E-state index in [0.29, 0.717) is 5.56 Å². The van der Waals surface area contributed by atoms with Crippen molar-refractivity contribution in [2.45, 2.75) is 25.8 Å². The summed E-state index contributed by atoms with van der Waals surface area (Å²) in [5.74, 6) is -1.27. The molecule has 0 unspecified atom stereocenters. The topological polar surface area (TPSA) is 75.4 Å². The Kier molecular flexibility index (Phi) is 3.66. The number of rotatable bonds is 5. The summed E-state index contributed by atoms with van der Waals surface area (Å²) in [7, 11) is 0. The second-order valence-electron chi connectivity index (χ2n) is 5.52. The molecule has 0 spiro atoms. The van der Waals surface area contributed by atoms with Gasteiger partial charge in [-0.15, -0.1) is 0 Å². The lowest BCUT2D eigenvalue weighted by Crippen LogP contribution is -2.37. The molecule has 2 aromatic rings. The van der Waals surface area contributed by atoms with Crippen molar-refractivity contribution < 1.29 is 14.7 Å². The second-order valence-corrected chi connectivity index (χ2v) is 5.52. The van der Waals surface area contributed by atoms with Gasteiger partial charge in [0.1, 0.15) is 6.54 Å². The Morgan fingerprint density at radius 2 is 2.09 bits per heavy atom. The minimum absolute atomic E-state index is 0.0467. The molecule has 1 saturated carbocycles. The molecule has 1 aromatic carbocycles. The Morgan fingerprint density at radius 3 is 2.73 bits per heavy atom. The van der Waals surface area contributed by atoms with E-state index in [4.69, 9.17) is 5.11 Å². The molecule has 1 heterocycles. The van der Waals surface area contributed by atoms with E-state index in [1.165, 1.54) is 11.1 Å². The molecule has 6 nitrogen and oxygen atoms in total. The fourth-order valence-electron chi connectivity index (χ4n) is 2.45. The molecule has 0 saturated heterocycles. The van der Waals surface area contributed by atoms with E-state index >= 15 is 0 Å². The third-order valence-electron chi connectivity index (χ3n) is 3.75. The summed E-state index contributed by atoms with van der Waals surface area (Å²) in [5.41, 5.74) is 2.36. The third kappa shape index (κ3) is 2.86. The van der Waals surface area contributed by atoms with Gasteiger partial charge in [-0.2, -0.15) is 5.10 Å². The standard InChI is InChI=1S/C16H17N3O3/c1-11-4-2-3-5-14(11)19-9-12(8-17-19)16(22)18(10-15(20)21)13-6-7-13/h2-5,8-9,13H,6-7,10H2,1H3,(H,20,21). The molecule has 114 valence electrons. The first-order valence-electron chi connectivity index (χ1n) is 7.19. The van der Waals surface area contributed by atoms with Crippen LogP contribution in [-0.2, 0) is 4.79 Å². The third-order valence-corrected chi connectivity index (χ3v) is 3.75. The summed E-state index contributed by atoms with van der Waals surface area (Å²) in [6.45, 7) is 1.71. The van der Waals surface area contributed by atoms with Crippen LogP contribution in [0.15, 0.2) is 36.7 Å². The molecule has 0 aliphatic heterocycles. The number of hydrogen-bond acceptors (Lipinski definition) is 3.